The number of nitrogens with zero attached hydrogens (tertiary/aromatic N) is 4. The van der Waals surface area contributed by atoms with Gasteiger partial charge < -0.3 is 4.74 Å². The molecule has 2 aliphatic rings. The van der Waals surface area contributed by atoms with Gasteiger partial charge in [-0.2, -0.15) is 0 Å². The minimum atomic E-state index is -0.524. The Morgan fingerprint density at radius 2 is 2.04 bits per heavy atom. The fraction of sp³-hybridized carbons (Fsp3) is 0.0588. The summed E-state index contributed by atoms with van der Waals surface area (Å²) in [5, 5.41) is 22.8. The SMILES string of the molecule is O=[N+]([O-])c1cc(C2=NC3=CN=CN(O)C3S2)ccc1Oc1ccccc1Cl.[KH]. The van der Waals surface area contributed by atoms with Gasteiger partial charge >= 0.3 is 57.1 Å². The molecule has 2 aromatic rings. The molecule has 0 fully saturated rings. The van der Waals surface area contributed by atoms with Gasteiger partial charge in [0.25, 0.3) is 0 Å². The van der Waals surface area contributed by atoms with Crippen molar-refractivity contribution >= 4 is 91.8 Å². The standard InChI is InChI=1S/C17H11ClN4O4S.K.H/c18-11-3-1-2-4-14(11)26-15-6-5-10(7-13(15)22(24)25)16-20-12-8-19-9-21(23)17(12)27-16;;/h1-9,17,23H;;. The van der Waals surface area contributed by atoms with E-state index in [1.807, 2.05) is 0 Å². The zero-order chi connectivity index (χ0) is 19.0. The molecule has 2 aliphatic heterocycles. The van der Waals surface area contributed by atoms with Gasteiger partial charge in [-0.15, -0.1) is 0 Å². The Kier molecular flexibility index (Phi) is 6.94. The Morgan fingerprint density at radius 3 is 2.75 bits per heavy atom. The van der Waals surface area contributed by atoms with Gasteiger partial charge in [-0.25, -0.2) is 15.0 Å². The van der Waals surface area contributed by atoms with Crippen molar-refractivity contribution in [3.63, 3.8) is 0 Å². The van der Waals surface area contributed by atoms with Crippen molar-refractivity contribution in [2.24, 2.45) is 9.98 Å². The van der Waals surface area contributed by atoms with E-state index in [0.29, 0.717) is 27.1 Å². The number of nitro benzene ring substituents is 1. The van der Waals surface area contributed by atoms with Crippen LogP contribution in [0, 0.1) is 10.1 Å². The molecule has 0 spiro atoms. The number of hydrogen-bond donors (Lipinski definition) is 1. The van der Waals surface area contributed by atoms with E-state index in [-0.39, 0.29) is 62.8 Å². The Balaban J connectivity index is 0.00000225. The zero-order valence-electron chi connectivity index (χ0n) is 13.5. The third kappa shape index (κ3) is 4.34. The fourth-order valence-electron chi connectivity index (χ4n) is 2.54. The van der Waals surface area contributed by atoms with E-state index in [4.69, 9.17) is 16.3 Å². The minimum absolute atomic E-state index is 0. The number of benzene rings is 2. The van der Waals surface area contributed by atoms with Crippen LogP contribution in [0.1, 0.15) is 5.56 Å². The summed E-state index contributed by atoms with van der Waals surface area (Å²) in [7, 11) is 0. The normalized spacial score (nSPS) is 17.4. The van der Waals surface area contributed by atoms with Crippen molar-refractivity contribution in [2.45, 2.75) is 5.37 Å². The third-order valence-electron chi connectivity index (χ3n) is 3.80. The van der Waals surface area contributed by atoms with Crippen LogP contribution >= 0.6 is 23.4 Å². The van der Waals surface area contributed by atoms with Crippen LogP contribution in [0.5, 0.6) is 11.5 Å². The number of hydroxylamine groups is 2. The van der Waals surface area contributed by atoms with Crippen molar-refractivity contribution in [1.82, 2.24) is 5.06 Å². The van der Waals surface area contributed by atoms with Gasteiger partial charge in [0.15, 0.2) is 5.37 Å². The first-order chi connectivity index (χ1) is 13.0. The van der Waals surface area contributed by atoms with E-state index >= 15 is 0 Å². The van der Waals surface area contributed by atoms with Crippen LogP contribution in [0.25, 0.3) is 0 Å². The van der Waals surface area contributed by atoms with Gasteiger partial charge in [0.1, 0.15) is 17.1 Å². The summed E-state index contributed by atoms with van der Waals surface area (Å²) in [6, 6.07) is 11.3. The van der Waals surface area contributed by atoms with Crippen molar-refractivity contribution in [1.29, 1.82) is 0 Å². The second-order valence-electron chi connectivity index (χ2n) is 5.56. The summed E-state index contributed by atoms with van der Waals surface area (Å²) in [5.41, 5.74) is 0.901. The Labute approximate surface area is 211 Å². The monoisotopic (exact) mass is 442 g/mol. The molecule has 4 rings (SSSR count). The van der Waals surface area contributed by atoms with Gasteiger partial charge in [-0.05, 0) is 24.3 Å². The molecule has 0 aliphatic carbocycles. The van der Waals surface area contributed by atoms with Crippen LogP contribution in [-0.2, 0) is 0 Å². The molecule has 28 heavy (non-hydrogen) atoms. The number of para-hydroxylation sites is 1. The van der Waals surface area contributed by atoms with E-state index in [9.17, 15) is 15.3 Å². The zero-order valence-corrected chi connectivity index (χ0v) is 15.1. The van der Waals surface area contributed by atoms with Crippen LogP contribution in [0.15, 0.2) is 64.3 Å². The summed E-state index contributed by atoms with van der Waals surface area (Å²) in [5.74, 6) is 0.399. The van der Waals surface area contributed by atoms with Crippen LogP contribution in [-0.4, -0.2) is 83.3 Å². The average Bonchev–Trinajstić information content (AvgIpc) is 3.09. The van der Waals surface area contributed by atoms with Gasteiger partial charge in [0.05, 0.1) is 21.8 Å². The Morgan fingerprint density at radius 1 is 1.25 bits per heavy atom. The number of aliphatic imine (C=N–C) groups is 2. The van der Waals surface area contributed by atoms with E-state index in [0.717, 1.165) is 5.06 Å². The van der Waals surface area contributed by atoms with Gasteiger partial charge in [0, 0.05) is 11.6 Å². The van der Waals surface area contributed by atoms with E-state index in [1.165, 1.54) is 30.2 Å². The number of nitro groups is 1. The second-order valence-corrected chi connectivity index (χ2v) is 7.03. The molecule has 0 saturated heterocycles. The molecule has 1 atom stereocenters. The molecular formula is C17H12ClKN4O4S. The maximum atomic E-state index is 11.5. The molecule has 2 heterocycles. The van der Waals surface area contributed by atoms with Gasteiger partial charge in [-0.3, -0.25) is 15.3 Å². The van der Waals surface area contributed by atoms with Crippen molar-refractivity contribution in [3.05, 3.63) is 75.1 Å². The van der Waals surface area contributed by atoms with Gasteiger partial charge in [-0.1, -0.05) is 35.5 Å². The first-order valence-electron chi connectivity index (χ1n) is 7.70. The summed E-state index contributed by atoms with van der Waals surface area (Å²) >= 11 is 7.33. The van der Waals surface area contributed by atoms with E-state index in [1.54, 1.807) is 36.5 Å². The number of halogens is 1. The van der Waals surface area contributed by atoms with Crippen molar-refractivity contribution in [2.75, 3.05) is 0 Å². The summed E-state index contributed by atoms with van der Waals surface area (Å²) < 4.78 is 5.63. The molecule has 0 radical (unpaired) electrons. The molecule has 0 saturated carbocycles. The quantitative estimate of drug-likeness (QED) is 0.439. The Hall–Kier alpha value is -1.24. The van der Waals surface area contributed by atoms with E-state index in [2.05, 4.69) is 9.98 Å². The first-order valence-corrected chi connectivity index (χ1v) is 8.96. The van der Waals surface area contributed by atoms with Crippen LogP contribution in [0.4, 0.5) is 5.69 Å². The summed E-state index contributed by atoms with van der Waals surface area (Å²) in [4.78, 5) is 19.3. The molecule has 0 aromatic heterocycles. The number of thioether (sulfide) groups is 1. The van der Waals surface area contributed by atoms with Crippen LogP contribution in [0.2, 0.25) is 5.02 Å². The maximum absolute atomic E-state index is 11.5. The second kappa shape index (κ2) is 9.05. The molecule has 8 nitrogen and oxygen atoms in total. The summed E-state index contributed by atoms with van der Waals surface area (Å²) in [6.45, 7) is 0. The molecule has 2 aromatic carbocycles. The predicted molar refractivity (Wildman–Crippen MR) is 110 cm³/mol. The van der Waals surface area contributed by atoms with Crippen LogP contribution < -0.4 is 4.74 Å². The number of ether oxygens (including phenoxy) is 1. The molecular weight excluding hydrogens is 431 g/mol. The van der Waals surface area contributed by atoms with E-state index < -0.39 is 10.3 Å². The average molecular weight is 443 g/mol. The molecule has 1 unspecified atom stereocenters. The molecule has 1 N–H and O–H groups in total. The number of fused-ring (bicyclic) bond motifs is 1. The molecule has 138 valence electrons. The Bertz CT molecular complexity index is 1030. The van der Waals surface area contributed by atoms with Crippen LogP contribution in [0.3, 0.4) is 0 Å². The molecule has 0 amide bonds. The van der Waals surface area contributed by atoms with Gasteiger partial charge in [0.2, 0.25) is 5.75 Å². The first kappa shape index (κ1) is 21.5. The third-order valence-corrected chi connectivity index (χ3v) is 5.34. The number of rotatable bonds is 4. The summed E-state index contributed by atoms with van der Waals surface area (Å²) in [6.07, 6.45) is 2.82. The topological polar surface area (TPSA) is 101 Å². The molecule has 0 bridgehead atoms. The fourth-order valence-corrected chi connectivity index (χ4v) is 3.75. The predicted octanol–water partition coefficient (Wildman–Crippen LogP) is 3.79. The molecule has 11 heteroatoms. The van der Waals surface area contributed by atoms with Crippen molar-refractivity contribution in [3.8, 4) is 11.5 Å². The van der Waals surface area contributed by atoms with Crippen molar-refractivity contribution < 1.29 is 14.9 Å². The number of hydrogen-bond acceptors (Lipinski definition) is 8.